The van der Waals surface area contributed by atoms with Gasteiger partial charge in [0.25, 0.3) is 0 Å². The molecule has 2 rings (SSSR count). The Morgan fingerprint density at radius 3 is 2.71 bits per heavy atom. The summed E-state index contributed by atoms with van der Waals surface area (Å²) < 4.78 is 1.64. The van der Waals surface area contributed by atoms with Gasteiger partial charge < -0.3 is 5.11 Å². The van der Waals surface area contributed by atoms with Crippen molar-refractivity contribution in [2.24, 2.45) is 0 Å². The van der Waals surface area contributed by atoms with Crippen LogP contribution in [0.3, 0.4) is 0 Å². The van der Waals surface area contributed by atoms with Gasteiger partial charge in [-0.3, -0.25) is 4.57 Å². The lowest BCUT2D eigenvalue weighted by atomic mass is 10.5. The molecule has 0 radical (unpaired) electrons. The minimum Gasteiger partial charge on any atom is -0.388 e. The Morgan fingerprint density at radius 1 is 1.36 bits per heavy atom. The van der Waals surface area contributed by atoms with Crippen LogP contribution >= 0.6 is 0 Å². The topological polar surface area (TPSA) is 76.7 Å². The molecule has 0 bridgehead atoms. The fraction of sp³-hybridized carbons (Fsp3) is 0.250. The van der Waals surface area contributed by atoms with E-state index in [-0.39, 0.29) is 6.61 Å². The van der Waals surface area contributed by atoms with Gasteiger partial charge in [-0.15, -0.1) is 10.2 Å². The van der Waals surface area contributed by atoms with E-state index in [1.54, 1.807) is 17.0 Å². The lowest BCUT2D eigenvalue weighted by Gasteiger charge is -2.02. The van der Waals surface area contributed by atoms with E-state index in [4.69, 9.17) is 5.11 Å². The fourth-order valence-corrected chi connectivity index (χ4v) is 1.09. The predicted molar refractivity (Wildman–Crippen MR) is 47.6 cm³/mol. The predicted octanol–water partition coefficient (Wildman–Crippen LogP) is -0.142. The standard InChI is InChI=1S/C8H9N5O/c1-6-9-2-7(3-10-6)13-5-11-12-8(13)4-14/h2-3,5,14H,4H2,1H3. The molecule has 2 aromatic heterocycles. The Hall–Kier alpha value is -1.82. The zero-order chi connectivity index (χ0) is 9.97. The monoisotopic (exact) mass is 191 g/mol. The summed E-state index contributed by atoms with van der Waals surface area (Å²) in [6, 6.07) is 0. The number of aliphatic hydroxyl groups is 1. The van der Waals surface area contributed by atoms with Crippen molar-refractivity contribution in [2.45, 2.75) is 13.5 Å². The van der Waals surface area contributed by atoms with E-state index in [0.29, 0.717) is 11.6 Å². The summed E-state index contributed by atoms with van der Waals surface area (Å²) in [6.45, 7) is 1.65. The van der Waals surface area contributed by atoms with Gasteiger partial charge in [0.2, 0.25) is 0 Å². The number of nitrogens with zero attached hydrogens (tertiary/aromatic N) is 5. The molecule has 0 spiro atoms. The van der Waals surface area contributed by atoms with E-state index < -0.39 is 0 Å². The van der Waals surface area contributed by atoms with Crippen molar-refractivity contribution in [1.82, 2.24) is 24.7 Å². The fourth-order valence-electron chi connectivity index (χ4n) is 1.09. The molecule has 72 valence electrons. The molecule has 0 amide bonds. The SMILES string of the molecule is Cc1ncc(-n2cnnc2CO)cn1. The summed E-state index contributed by atoms with van der Waals surface area (Å²) in [7, 11) is 0. The Labute approximate surface area is 80.3 Å². The highest BCUT2D eigenvalue weighted by molar-refractivity contribution is 5.25. The van der Waals surface area contributed by atoms with Crippen LogP contribution in [0, 0.1) is 6.92 Å². The van der Waals surface area contributed by atoms with Gasteiger partial charge in [-0.2, -0.15) is 0 Å². The molecule has 1 N–H and O–H groups in total. The van der Waals surface area contributed by atoms with Crippen LogP contribution in [0.2, 0.25) is 0 Å². The van der Waals surface area contributed by atoms with Crippen molar-refractivity contribution in [2.75, 3.05) is 0 Å². The number of aromatic nitrogens is 5. The maximum Gasteiger partial charge on any atom is 0.163 e. The van der Waals surface area contributed by atoms with Gasteiger partial charge in [-0.25, -0.2) is 9.97 Å². The van der Waals surface area contributed by atoms with Crippen molar-refractivity contribution in [1.29, 1.82) is 0 Å². The summed E-state index contributed by atoms with van der Waals surface area (Å²) in [5, 5.41) is 16.4. The molecule has 2 aromatic rings. The van der Waals surface area contributed by atoms with Crippen LogP contribution < -0.4 is 0 Å². The summed E-state index contributed by atoms with van der Waals surface area (Å²) in [4.78, 5) is 8.08. The van der Waals surface area contributed by atoms with Gasteiger partial charge in [0.15, 0.2) is 5.82 Å². The molecule has 0 aliphatic carbocycles. The van der Waals surface area contributed by atoms with Crippen LogP contribution in [-0.4, -0.2) is 29.8 Å². The maximum absolute atomic E-state index is 8.96. The average molecular weight is 191 g/mol. The van der Waals surface area contributed by atoms with Gasteiger partial charge in [0.05, 0.1) is 18.1 Å². The van der Waals surface area contributed by atoms with Gasteiger partial charge in [0, 0.05) is 0 Å². The van der Waals surface area contributed by atoms with Crippen LogP contribution in [0.5, 0.6) is 0 Å². The van der Waals surface area contributed by atoms with Crippen molar-refractivity contribution in [3.05, 3.63) is 30.4 Å². The largest absolute Gasteiger partial charge is 0.388 e. The van der Waals surface area contributed by atoms with Gasteiger partial charge in [-0.1, -0.05) is 0 Å². The minimum atomic E-state index is -0.159. The molecule has 0 aliphatic heterocycles. The molecule has 0 saturated carbocycles. The molecule has 0 unspecified atom stereocenters. The highest BCUT2D eigenvalue weighted by atomic mass is 16.3. The minimum absolute atomic E-state index is 0.159. The Balaban J connectivity index is 2.44. The smallest absolute Gasteiger partial charge is 0.163 e. The Morgan fingerprint density at radius 2 is 2.07 bits per heavy atom. The third-order valence-electron chi connectivity index (χ3n) is 1.81. The summed E-state index contributed by atoms with van der Waals surface area (Å²) in [5.74, 6) is 1.17. The first kappa shape index (κ1) is 8.76. The van der Waals surface area contributed by atoms with E-state index in [2.05, 4.69) is 20.2 Å². The Kier molecular flexibility index (Phi) is 2.19. The molecule has 14 heavy (non-hydrogen) atoms. The second kappa shape index (κ2) is 3.51. The normalized spacial score (nSPS) is 10.4. The summed E-state index contributed by atoms with van der Waals surface area (Å²) in [5.41, 5.74) is 0.740. The van der Waals surface area contributed by atoms with E-state index in [1.807, 2.05) is 6.92 Å². The van der Waals surface area contributed by atoms with Crippen LogP contribution in [-0.2, 0) is 6.61 Å². The first-order valence-electron chi connectivity index (χ1n) is 4.10. The van der Waals surface area contributed by atoms with E-state index in [0.717, 1.165) is 5.69 Å². The van der Waals surface area contributed by atoms with E-state index in [1.165, 1.54) is 6.33 Å². The lowest BCUT2D eigenvalue weighted by molar-refractivity contribution is 0.269. The first-order valence-corrected chi connectivity index (χ1v) is 4.10. The lowest BCUT2D eigenvalue weighted by Crippen LogP contribution is -2.01. The quantitative estimate of drug-likeness (QED) is 0.714. The highest BCUT2D eigenvalue weighted by Gasteiger charge is 2.04. The van der Waals surface area contributed by atoms with Crippen molar-refractivity contribution in [3.8, 4) is 5.69 Å². The molecular formula is C8H9N5O. The molecule has 6 heteroatoms. The van der Waals surface area contributed by atoms with Crippen molar-refractivity contribution < 1.29 is 5.11 Å². The summed E-state index contributed by atoms with van der Waals surface area (Å²) in [6.07, 6.45) is 4.83. The van der Waals surface area contributed by atoms with Crippen LogP contribution in [0.25, 0.3) is 5.69 Å². The zero-order valence-corrected chi connectivity index (χ0v) is 7.62. The highest BCUT2D eigenvalue weighted by Crippen LogP contribution is 2.06. The zero-order valence-electron chi connectivity index (χ0n) is 7.62. The number of aryl methyl sites for hydroxylation is 1. The first-order chi connectivity index (χ1) is 6.81. The number of hydrogen-bond acceptors (Lipinski definition) is 5. The van der Waals surface area contributed by atoms with Gasteiger partial charge >= 0.3 is 0 Å². The van der Waals surface area contributed by atoms with E-state index in [9.17, 15) is 0 Å². The van der Waals surface area contributed by atoms with Gasteiger partial charge in [0.1, 0.15) is 18.8 Å². The second-order valence-corrected chi connectivity index (χ2v) is 2.76. The number of rotatable bonds is 2. The molecule has 0 atom stereocenters. The van der Waals surface area contributed by atoms with Crippen LogP contribution in [0.1, 0.15) is 11.6 Å². The number of aliphatic hydroxyl groups excluding tert-OH is 1. The average Bonchev–Trinajstić information content (AvgIpc) is 2.67. The summed E-state index contributed by atoms with van der Waals surface area (Å²) >= 11 is 0. The third kappa shape index (κ3) is 1.47. The maximum atomic E-state index is 8.96. The third-order valence-corrected chi connectivity index (χ3v) is 1.81. The molecule has 6 nitrogen and oxygen atoms in total. The molecular weight excluding hydrogens is 182 g/mol. The van der Waals surface area contributed by atoms with Gasteiger partial charge in [-0.05, 0) is 6.92 Å². The molecule has 0 fully saturated rings. The Bertz CT molecular complexity index is 422. The molecule has 0 aliphatic rings. The van der Waals surface area contributed by atoms with E-state index >= 15 is 0 Å². The van der Waals surface area contributed by atoms with Crippen molar-refractivity contribution in [3.63, 3.8) is 0 Å². The second-order valence-electron chi connectivity index (χ2n) is 2.76. The number of hydrogen-bond donors (Lipinski definition) is 1. The van der Waals surface area contributed by atoms with Crippen LogP contribution in [0.15, 0.2) is 18.7 Å². The molecule has 0 aromatic carbocycles. The molecule has 0 saturated heterocycles. The van der Waals surface area contributed by atoms with Crippen molar-refractivity contribution >= 4 is 0 Å². The molecule has 2 heterocycles. The van der Waals surface area contributed by atoms with Crippen LogP contribution in [0.4, 0.5) is 0 Å².